The Bertz CT molecular complexity index is 400. The Morgan fingerprint density at radius 3 is 2.29 bits per heavy atom. The molecule has 0 aliphatic heterocycles. The van der Waals surface area contributed by atoms with E-state index in [-0.39, 0.29) is 0 Å². The van der Waals surface area contributed by atoms with Crippen LogP contribution in [0.4, 0.5) is 5.88 Å². The van der Waals surface area contributed by atoms with Gasteiger partial charge < -0.3 is 4.52 Å². The average Bonchev–Trinajstić information content (AvgIpc) is 2.76. The van der Waals surface area contributed by atoms with Crippen LogP contribution in [0.1, 0.15) is 43.7 Å². The number of aromatic nitrogens is 1. The summed E-state index contributed by atoms with van der Waals surface area (Å²) in [6, 6.07) is 1.99. The molecule has 0 saturated heterocycles. The van der Waals surface area contributed by atoms with Crippen LogP contribution in [-0.2, 0) is 0 Å². The molecule has 3 N–H and O–H groups in total. The molecule has 0 unspecified atom stereocenters. The molecule has 5 rings (SSSR count). The Kier molecular flexibility index (Phi) is 2.04. The fourth-order valence-electron chi connectivity index (χ4n) is 4.92. The van der Waals surface area contributed by atoms with E-state index >= 15 is 0 Å². The van der Waals surface area contributed by atoms with Crippen molar-refractivity contribution in [2.45, 2.75) is 38.0 Å². The number of hydrogen-bond acceptors (Lipinski definition) is 4. The summed E-state index contributed by atoms with van der Waals surface area (Å²) in [5, 5.41) is 4.22. The average molecular weight is 233 g/mol. The molecule has 92 valence electrons. The molecule has 4 nitrogen and oxygen atoms in total. The van der Waals surface area contributed by atoms with Gasteiger partial charge in [-0.15, -0.1) is 0 Å². The Morgan fingerprint density at radius 1 is 1.12 bits per heavy atom. The van der Waals surface area contributed by atoms with E-state index < -0.39 is 0 Å². The fourth-order valence-corrected chi connectivity index (χ4v) is 4.92. The lowest BCUT2D eigenvalue weighted by molar-refractivity contribution is -0.00504. The molecule has 4 saturated carbocycles. The quantitative estimate of drug-likeness (QED) is 0.608. The van der Waals surface area contributed by atoms with Crippen LogP contribution in [-0.4, -0.2) is 5.16 Å². The smallest absolute Gasteiger partial charge is 0.238 e. The van der Waals surface area contributed by atoms with Crippen molar-refractivity contribution in [3.05, 3.63) is 11.8 Å². The second kappa shape index (κ2) is 3.48. The van der Waals surface area contributed by atoms with E-state index in [4.69, 9.17) is 10.4 Å². The van der Waals surface area contributed by atoms with Crippen LogP contribution in [0.25, 0.3) is 0 Å². The second-order valence-corrected chi connectivity index (χ2v) is 6.22. The molecule has 4 aliphatic carbocycles. The molecule has 0 aromatic carbocycles. The van der Waals surface area contributed by atoms with Gasteiger partial charge in [-0.25, -0.2) is 5.84 Å². The summed E-state index contributed by atoms with van der Waals surface area (Å²) in [6.45, 7) is 0. The summed E-state index contributed by atoms with van der Waals surface area (Å²) in [4.78, 5) is 0. The van der Waals surface area contributed by atoms with Gasteiger partial charge in [0.05, 0.1) is 5.69 Å². The molecule has 4 bridgehead atoms. The van der Waals surface area contributed by atoms with Crippen molar-refractivity contribution in [1.29, 1.82) is 0 Å². The van der Waals surface area contributed by atoms with Crippen LogP contribution in [0, 0.1) is 23.7 Å². The van der Waals surface area contributed by atoms with Gasteiger partial charge in [-0.3, -0.25) is 5.43 Å². The summed E-state index contributed by atoms with van der Waals surface area (Å²) in [5.74, 6) is 10.3. The molecule has 0 amide bonds. The Hall–Kier alpha value is -1.03. The standard InChI is InChI=1S/C13H19N3O/c14-15-12-6-11(16-17-12)13-9-2-7-1-8(4-9)5-10(13)3-7/h6-10,13,15H,1-5,14H2. The first-order chi connectivity index (χ1) is 8.33. The zero-order valence-electron chi connectivity index (χ0n) is 9.93. The highest BCUT2D eigenvalue weighted by Crippen LogP contribution is 2.59. The summed E-state index contributed by atoms with van der Waals surface area (Å²) < 4.78 is 5.18. The lowest BCUT2D eigenvalue weighted by Gasteiger charge is -2.53. The first-order valence-corrected chi connectivity index (χ1v) is 6.76. The van der Waals surface area contributed by atoms with Crippen molar-refractivity contribution < 1.29 is 4.52 Å². The third-order valence-electron chi connectivity index (χ3n) is 5.24. The predicted molar refractivity (Wildman–Crippen MR) is 64.1 cm³/mol. The maximum Gasteiger partial charge on any atom is 0.238 e. The van der Waals surface area contributed by atoms with Crippen LogP contribution in [0.5, 0.6) is 0 Å². The maximum absolute atomic E-state index is 5.35. The van der Waals surface area contributed by atoms with Gasteiger partial charge in [-0.2, -0.15) is 0 Å². The molecule has 4 heteroatoms. The van der Waals surface area contributed by atoms with Crippen LogP contribution >= 0.6 is 0 Å². The van der Waals surface area contributed by atoms with E-state index in [2.05, 4.69) is 10.6 Å². The molecule has 0 radical (unpaired) electrons. The fraction of sp³-hybridized carbons (Fsp3) is 0.769. The molecule has 0 spiro atoms. The first kappa shape index (κ1) is 9.95. The second-order valence-electron chi connectivity index (χ2n) is 6.22. The number of hydrogen-bond donors (Lipinski definition) is 2. The predicted octanol–water partition coefficient (Wildman–Crippen LogP) is 2.50. The van der Waals surface area contributed by atoms with Gasteiger partial charge in [0.1, 0.15) is 0 Å². The minimum atomic E-state index is 0.591. The van der Waals surface area contributed by atoms with Gasteiger partial charge in [-0.05, 0) is 55.8 Å². The number of nitrogens with zero attached hydrogens (tertiary/aromatic N) is 1. The normalized spacial score (nSPS) is 43.0. The number of anilines is 1. The molecule has 1 aromatic heterocycles. The highest BCUT2D eigenvalue weighted by Gasteiger charge is 2.49. The lowest BCUT2D eigenvalue weighted by atomic mass is 9.51. The van der Waals surface area contributed by atoms with E-state index in [0.717, 1.165) is 29.4 Å². The van der Waals surface area contributed by atoms with Crippen LogP contribution < -0.4 is 11.3 Å². The first-order valence-electron chi connectivity index (χ1n) is 6.76. The molecular formula is C13H19N3O. The number of rotatable bonds is 2. The zero-order valence-corrected chi connectivity index (χ0v) is 9.93. The van der Waals surface area contributed by atoms with Crippen molar-refractivity contribution in [3.8, 4) is 0 Å². The van der Waals surface area contributed by atoms with E-state index in [0.29, 0.717) is 11.8 Å². The van der Waals surface area contributed by atoms with Crippen molar-refractivity contribution in [1.82, 2.24) is 5.16 Å². The number of nitrogen functional groups attached to an aromatic ring is 1. The molecular weight excluding hydrogens is 214 g/mol. The highest BCUT2D eigenvalue weighted by atomic mass is 16.5. The number of nitrogens with one attached hydrogen (secondary N) is 1. The van der Waals surface area contributed by atoms with E-state index in [1.807, 2.05) is 6.07 Å². The van der Waals surface area contributed by atoms with Gasteiger partial charge >= 0.3 is 0 Å². The minimum absolute atomic E-state index is 0.591. The van der Waals surface area contributed by atoms with Gasteiger partial charge in [0.25, 0.3) is 0 Å². The van der Waals surface area contributed by atoms with Crippen molar-refractivity contribution in [2.75, 3.05) is 5.43 Å². The van der Waals surface area contributed by atoms with Gasteiger partial charge in [0, 0.05) is 12.0 Å². The van der Waals surface area contributed by atoms with Crippen molar-refractivity contribution in [3.63, 3.8) is 0 Å². The van der Waals surface area contributed by atoms with Crippen molar-refractivity contribution >= 4 is 5.88 Å². The SMILES string of the molecule is NNc1cc(C2C3CC4CC(C3)CC2C4)no1. The monoisotopic (exact) mass is 233 g/mol. The third kappa shape index (κ3) is 1.43. The van der Waals surface area contributed by atoms with Crippen LogP contribution in [0.3, 0.4) is 0 Å². The maximum atomic E-state index is 5.35. The summed E-state index contributed by atoms with van der Waals surface area (Å²) in [5.41, 5.74) is 3.67. The zero-order chi connectivity index (χ0) is 11.4. The van der Waals surface area contributed by atoms with Gasteiger partial charge in [-0.1, -0.05) is 5.16 Å². The minimum Gasteiger partial charge on any atom is -0.337 e. The number of hydrazine groups is 1. The largest absolute Gasteiger partial charge is 0.337 e. The topological polar surface area (TPSA) is 64.1 Å². The lowest BCUT2D eigenvalue weighted by Crippen LogP contribution is -2.43. The third-order valence-corrected chi connectivity index (χ3v) is 5.24. The summed E-state index contributed by atoms with van der Waals surface area (Å²) in [7, 11) is 0. The van der Waals surface area contributed by atoms with Crippen molar-refractivity contribution in [2.24, 2.45) is 29.5 Å². The highest BCUT2D eigenvalue weighted by molar-refractivity contribution is 5.32. The molecule has 4 aliphatic rings. The molecule has 17 heavy (non-hydrogen) atoms. The van der Waals surface area contributed by atoms with Gasteiger partial charge in [0.15, 0.2) is 0 Å². The summed E-state index contributed by atoms with van der Waals surface area (Å²) in [6.07, 6.45) is 7.14. The Morgan fingerprint density at radius 2 is 1.76 bits per heavy atom. The number of nitrogens with two attached hydrogens (primary N) is 1. The molecule has 4 fully saturated rings. The molecule has 1 heterocycles. The van der Waals surface area contributed by atoms with E-state index in [9.17, 15) is 0 Å². The molecule has 0 atom stereocenters. The van der Waals surface area contributed by atoms with Crippen LogP contribution in [0.15, 0.2) is 10.6 Å². The van der Waals surface area contributed by atoms with Crippen LogP contribution in [0.2, 0.25) is 0 Å². The Balaban J connectivity index is 1.65. The molecule has 1 aromatic rings. The Labute approximate surface area is 101 Å². The van der Waals surface area contributed by atoms with Gasteiger partial charge in [0.2, 0.25) is 5.88 Å². The van der Waals surface area contributed by atoms with E-state index in [1.165, 1.54) is 32.1 Å². The summed E-state index contributed by atoms with van der Waals surface area (Å²) >= 11 is 0. The van der Waals surface area contributed by atoms with E-state index in [1.54, 1.807) is 0 Å².